The summed E-state index contributed by atoms with van der Waals surface area (Å²) < 4.78 is 0. The molecule has 0 amide bonds. The lowest BCUT2D eigenvalue weighted by Crippen LogP contribution is -2.12. The summed E-state index contributed by atoms with van der Waals surface area (Å²) in [6.45, 7) is 4.79. The summed E-state index contributed by atoms with van der Waals surface area (Å²) in [5.41, 5.74) is 3.71. The Morgan fingerprint density at radius 2 is 2.15 bits per heavy atom. The van der Waals surface area contributed by atoms with Crippen molar-refractivity contribution in [1.29, 1.82) is 5.26 Å². The summed E-state index contributed by atoms with van der Waals surface area (Å²) in [6, 6.07) is 6.27. The lowest BCUT2D eigenvalue weighted by molar-refractivity contribution is 0.863. The summed E-state index contributed by atoms with van der Waals surface area (Å²) in [4.78, 5) is 3.15. The molecule has 0 saturated carbocycles. The fourth-order valence-electron chi connectivity index (χ4n) is 2.26. The zero-order valence-electron chi connectivity index (χ0n) is 11.9. The molecule has 0 fully saturated rings. The third-order valence-electron chi connectivity index (χ3n) is 3.31. The average molecular weight is 269 g/mol. The van der Waals surface area contributed by atoms with Crippen LogP contribution in [0.2, 0.25) is 0 Å². The highest BCUT2D eigenvalue weighted by Crippen LogP contribution is 2.19. The predicted octanol–water partition coefficient (Wildman–Crippen LogP) is 2.46. The SMILES string of the molecule is CCc1nnc(NCCc2ccc[nH]2)c(C#N)c1CC. The van der Waals surface area contributed by atoms with Crippen molar-refractivity contribution in [2.75, 3.05) is 11.9 Å². The smallest absolute Gasteiger partial charge is 0.166 e. The largest absolute Gasteiger partial charge is 0.367 e. The number of rotatable bonds is 6. The van der Waals surface area contributed by atoms with E-state index in [2.05, 4.69) is 26.6 Å². The number of aromatic amines is 1. The third-order valence-corrected chi connectivity index (χ3v) is 3.31. The van der Waals surface area contributed by atoms with Crippen molar-refractivity contribution in [3.63, 3.8) is 0 Å². The van der Waals surface area contributed by atoms with Gasteiger partial charge in [-0.1, -0.05) is 13.8 Å². The van der Waals surface area contributed by atoms with Crippen LogP contribution in [0.3, 0.4) is 0 Å². The number of hydrogen-bond acceptors (Lipinski definition) is 4. The van der Waals surface area contributed by atoms with E-state index in [0.717, 1.165) is 42.8 Å². The van der Waals surface area contributed by atoms with Gasteiger partial charge >= 0.3 is 0 Å². The average Bonchev–Trinajstić information content (AvgIpc) is 2.99. The van der Waals surface area contributed by atoms with E-state index in [1.807, 2.05) is 32.2 Å². The topological polar surface area (TPSA) is 77.4 Å². The van der Waals surface area contributed by atoms with Gasteiger partial charge in [-0.05, 0) is 30.5 Å². The molecule has 0 saturated heterocycles. The molecule has 104 valence electrons. The van der Waals surface area contributed by atoms with Crippen LogP contribution in [0, 0.1) is 11.3 Å². The molecule has 0 aliphatic rings. The summed E-state index contributed by atoms with van der Waals surface area (Å²) in [5, 5.41) is 21.0. The van der Waals surface area contributed by atoms with Crippen LogP contribution < -0.4 is 5.32 Å². The first-order valence-electron chi connectivity index (χ1n) is 6.94. The summed E-state index contributed by atoms with van der Waals surface area (Å²) in [5.74, 6) is 0.591. The number of nitriles is 1. The molecule has 2 aromatic heterocycles. The minimum Gasteiger partial charge on any atom is -0.367 e. The number of anilines is 1. The van der Waals surface area contributed by atoms with Crippen LogP contribution in [0.1, 0.15) is 36.4 Å². The fraction of sp³-hybridized carbons (Fsp3) is 0.400. The van der Waals surface area contributed by atoms with Crippen molar-refractivity contribution >= 4 is 5.82 Å². The van der Waals surface area contributed by atoms with Gasteiger partial charge in [-0.2, -0.15) is 10.4 Å². The Labute approximate surface area is 119 Å². The van der Waals surface area contributed by atoms with Crippen molar-refractivity contribution in [3.8, 4) is 6.07 Å². The molecule has 0 aliphatic heterocycles. The standard InChI is InChI=1S/C15H19N5/c1-3-12-13(10-16)15(20-19-14(12)4-2)18-9-7-11-6-5-8-17-11/h5-6,8,17H,3-4,7,9H2,1-2H3,(H,18,20). The van der Waals surface area contributed by atoms with Crippen LogP contribution in [-0.4, -0.2) is 21.7 Å². The van der Waals surface area contributed by atoms with Gasteiger partial charge in [0.1, 0.15) is 11.6 Å². The molecule has 2 N–H and O–H groups in total. The van der Waals surface area contributed by atoms with Crippen LogP contribution in [0.5, 0.6) is 0 Å². The highest BCUT2D eigenvalue weighted by atomic mass is 15.2. The van der Waals surface area contributed by atoms with E-state index in [4.69, 9.17) is 0 Å². The molecule has 5 nitrogen and oxygen atoms in total. The number of hydrogen-bond donors (Lipinski definition) is 2. The van der Waals surface area contributed by atoms with Crippen molar-refractivity contribution in [2.24, 2.45) is 0 Å². The molecule has 0 radical (unpaired) electrons. The highest BCUT2D eigenvalue weighted by molar-refractivity contribution is 5.56. The molecule has 0 aliphatic carbocycles. The lowest BCUT2D eigenvalue weighted by atomic mass is 10.0. The van der Waals surface area contributed by atoms with Crippen molar-refractivity contribution in [1.82, 2.24) is 15.2 Å². The molecular formula is C15H19N5. The quantitative estimate of drug-likeness (QED) is 0.844. The van der Waals surface area contributed by atoms with E-state index in [9.17, 15) is 5.26 Å². The van der Waals surface area contributed by atoms with Gasteiger partial charge < -0.3 is 10.3 Å². The normalized spacial score (nSPS) is 10.2. The Hall–Kier alpha value is -2.35. The van der Waals surface area contributed by atoms with Gasteiger partial charge in [-0.3, -0.25) is 0 Å². The predicted molar refractivity (Wildman–Crippen MR) is 78.5 cm³/mol. The molecule has 0 atom stereocenters. The Balaban J connectivity index is 2.13. The first-order chi connectivity index (χ1) is 9.80. The minimum atomic E-state index is 0.591. The fourth-order valence-corrected chi connectivity index (χ4v) is 2.26. The number of nitrogens with zero attached hydrogens (tertiary/aromatic N) is 3. The van der Waals surface area contributed by atoms with E-state index in [1.165, 1.54) is 0 Å². The zero-order chi connectivity index (χ0) is 14.4. The van der Waals surface area contributed by atoms with Crippen molar-refractivity contribution in [2.45, 2.75) is 33.1 Å². The van der Waals surface area contributed by atoms with E-state index < -0.39 is 0 Å². The van der Waals surface area contributed by atoms with Crippen LogP contribution in [0.15, 0.2) is 18.3 Å². The van der Waals surface area contributed by atoms with E-state index in [-0.39, 0.29) is 0 Å². The van der Waals surface area contributed by atoms with Gasteiger partial charge in [0.2, 0.25) is 0 Å². The molecule has 2 heterocycles. The second-order valence-corrected chi connectivity index (χ2v) is 4.54. The third kappa shape index (κ3) is 2.97. The number of H-pyrrole nitrogens is 1. The second kappa shape index (κ2) is 6.71. The van der Waals surface area contributed by atoms with Gasteiger partial charge in [-0.15, -0.1) is 5.10 Å². The zero-order valence-corrected chi connectivity index (χ0v) is 11.9. The minimum absolute atomic E-state index is 0.591. The van der Waals surface area contributed by atoms with Crippen molar-refractivity contribution < 1.29 is 0 Å². The summed E-state index contributed by atoms with van der Waals surface area (Å²) >= 11 is 0. The Morgan fingerprint density at radius 3 is 2.75 bits per heavy atom. The number of aromatic nitrogens is 3. The maximum atomic E-state index is 9.37. The van der Waals surface area contributed by atoms with Gasteiger partial charge in [0.25, 0.3) is 0 Å². The van der Waals surface area contributed by atoms with E-state index in [1.54, 1.807) is 0 Å². The maximum absolute atomic E-state index is 9.37. The van der Waals surface area contributed by atoms with Crippen molar-refractivity contribution in [3.05, 3.63) is 40.8 Å². The Kier molecular flexibility index (Phi) is 4.72. The summed E-state index contributed by atoms with van der Waals surface area (Å²) in [7, 11) is 0. The number of nitrogens with one attached hydrogen (secondary N) is 2. The monoisotopic (exact) mass is 269 g/mol. The maximum Gasteiger partial charge on any atom is 0.166 e. The molecule has 5 heteroatoms. The van der Waals surface area contributed by atoms with Crippen LogP contribution in [0.25, 0.3) is 0 Å². The Bertz CT molecular complexity index is 595. The molecule has 2 aromatic rings. The van der Waals surface area contributed by atoms with E-state index >= 15 is 0 Å². The first-order valence-corrected chi connectivity index (χ1v) is 6.94. The Morgan fingerprint density at radius 1 is 1.30 bits per heavy atom. The molecule has 20 heavy (non-hydrogen) atoms. The molecule has 0 spiro atoms. The lowest BCUT2D eigenvalue weighted by Gasteiger charge is -2.11. The highest BCUT2D eigenvalue weighted by Gasteiger charge is 2.13. The van der Waals surface area contributed by atoms with Crippen LogP contribution in [-0.2, 0) is 19.3 Å². The van der Waals surface area contributed by atoms with Gasteiger partial charge in [-0.25, -0.2) is 0 Å². The molecule has 2 rings (SSSR count). The van der Waals surface area contributed by atoms with Gasteiger partial charge in [0, 0.05) is 24.9 Å². The molecular weight excluding hydrogens is 250 g/mol. The number of aryl methyl sites for hydroxylation is 1. The molecule has 0 aromatic carbocycles. The summed E-state index contributed by atoms with van der Waals surface area (Å²) in [6.07, 6.45) is 4.36. The van der Waals surface area contributed by atoms with Crippen LogP contribution >= 0.6 is 0 Å². The van der Waals surface area contributed by atoms with Gasteiger partial charge in [0.05, 0.1) is 5.69 Å². The molecule has 0 bridgehead atoms. The van der Waals surface area contributed by atoms with Gasteiger partial charge in [0.15, 0.2) is 5.82 Å². The van der Waals surface area contributed by atoms with E-state index in [0.29, 0.717) is 11.4 Å². The van der Waals surface area contributed by atoms with Crippen LogP contribution in [0.4, 0.5) is 5.82 Å². The molecule has 0 unspecified atom stereocenters. The first kappa shape index (κ1) is 14.1. The second-order valence-electron chi connectivity index (χ2n) is 4.54.